The van der Waals surface area contributed by atoms with Gasteiger partial charge in [-0.15, -0.1) is 0 Å². The van der Waals surface area contributed by atoms with Gasteiger partial charge in [-0.2, -0.15) is 18.4 Å². The van der Waals surface area contributed by atoms with Crippen molar-refractivity contribution in [2.75, 3.05) is 26.4 Å². The van der Waals surface area contributed by atoms with Crippen LogP contribution < -0.4 is 0 Å². The summed E-state index contributed by atoms with van der Waals surface area (Å²) in [5, 5.41) is 22.0. The van der Waals surface area contributed by atoms with E-state index >= 15 is 0 Å². The highest BCUT2D eigenvalue weighted by Gasteiger charge is 2.45. The van der Waals surface area contributed by atoms with Crippen LogP contribution in [0.15, 0.2) is 24.3 Å². The van der Waals surface area contributed by atoms with Gasteiger partial charge in [-0.05, 0) is 84.5 Å². The van der Waals surface area contributed by atoms with Crippen molar-refractivity contribution in [3.63, 3.8) is 0 Å². The van der Waals surface area contributed by atoms with Crippen LogP contribution in [0.5, 0.6) is 0 Å². The third kappa shape index (κ3) is 7.00. The molecule has 2 aromatic rings. The minimum Gasteiger partial charge on any atom is -0.410 e. The molecule has 3 heterocycles. The molecule has 46 heavy (non-hydrogen) atoms. The van der Waals surface area contributed by atoms with Gasteiger partial charge in [0.05, 0.1) is 42.2 Å². The number of fused-ring (bicyclic) bond motifs is 1. The van der Waals surface area contributed by atoms with Gasteiger partial charge in [-0.3, -0.25) is 4.98 Å². The number of alkyl halides is 3. The summed E-state index contributed by atoms with van der Waals surface area (Å²) in [6, 6.07) is 5.07. The number of halogens is 3. The molecule has 0 saturated carbocycles. The van der Waals surface area contributed by atoms with Gasteiger partial charge in [-0.1, -0.05) is 46.8 Å². The van der Waals surface area contributed by atoms with Gasteiger partial charge in [0.1, 0.15) is 6.10 Å². The van der Waals surface area contributed by atoms with E-state index in [1.807, 2.05) is 0 Å². The summed E-state index contributed by atoms with van der Waals surface area (Å²) >= 11 is 0. The van der Waals surface area contributed by atoms with Crippen LogP contribution in [-0.2, 0) is 26.5 Å². The number of aromatic nitrogens is 1. The van der Waals surface area contributed by atoms with Crippen LogP contribution in [-0.4, -0.2) is 44.8 Å². The molecule has 1 aromatic carbocycles. The fourth-order valence-electron chi connectivity index (χ4n) is 6.82. The molecular formula is C36H47F3N2O4Si. The molecule has 1 aliphatic carbocycles. The first-order chi connectivity index (χ1) is 21.4. The maximum atomic E-state index is 13.8. The van der Waals surface area contributed by atoms with Crippen LogP contribution in [0.3, 0.4) is 0 Å². The number of nitriles is 1. The highest BCUT2D eigenvalue weighted by atomic mass is 28.4. The first kappa shape index (κ1) is 34.8. The number of aliphatic hydroxyl groups excluding tert-OH is 1. The molecule has 1 saturated heterocycles. The molecule has 0 bridgehead atoms. The van der Waals surface area contributed by atoms with Gasteiger partial charge in [0.25, 0.3) is 0 Å². The lowest BCUT2D eigenvalue weighted by molar-refractivity contribution is -0.137. The predicted octanol–water partition coefficient (Wildman–Crippen LogP) is 8.79. The summed E-state index contributed by atoms with van der Waals surface area (Å²) in [7, 11) is -2.28. The number of nitrogens with zero attached hydrogens (tertiary/aromatic N) is 2. The standard InChI is InChI=1S/C36H47F3N2O4Si/c1-34(2,3)46(6,7)45-28-20-35(4,5)19-27-30(28)29(22-10-14-43-15-11-22)31(32(41-27)23-12-16-44-17-13-23)33(42)24-8-9-26(36(37,38)39)25(18-24)21-40/h8-10,18,23,28,33,42H,11-17,19-20H2,1-7H3/t28-,33?/m0/s1. The highest BCUT2D eigenvalue weighted by Crippen LogP contribution is 2.52. The van der Waals surface area contributed by atoms with Crippen molar-refractivity contribution in [2.24, 2.45) is 5.41 Å². The lowest BCUT2D eigenvalue weighted by Crippen LogP contribution is -2.44. The van der Waals surface area contributed by atoms with Gasteiger partial charge in [0.2, 0.25) is 0 Å². The molecule has 2 aliphatic heterocycles. The van der Waals surface area contributed by atoms with E-state index in [1.54, 1.807) is 6.07 Å². The molecule has 0 radical (unpaired) electrons. The molecule has 0 spiro atoms. The van der Waals surface area contributed by atoms with Crippen LogP contribution in [0, 0.1) is 16.7 Å². The number of hydrogen-bond acceptors (Lipinski definition) is 6. The Balaban J connectivity index is 1.82. The van der Waals surface area contributed by atoms with Crippen molar-refractivity contribution in [3.05, 3.63) is 69.0 Å². The van der Waals surface area contributed by atoms with Crippen molar-refractivity contribution < 1.29 is 32.2 Å². The maximum absolute atomic E-state index is 13.8. The summed E-state index contributed by atoms with van der Waals surface area (Å²) in [6.07, 6.45) is -0.648. The molecule has 1 unspecified atom stereocenters. The van der Waals surface area contributed by atoms with Crippen LogP contribution in [0.4, 0.5) is 13.2 Å². The zero-order valence-electron chi connectivity index (χ0n) is 28.1. The molecule has 250 valence electrons. The van der Waals surface area contributed by atoms with Crippen LogP contribution in [0.25, 0.3) is 5.57 Å². The summed E-state index contributed by atoms with van der Waals surface area (Å²) in [5.41, 5.74) is 3.84. The third-order valence-electron chi connectivity index (χ3n) is 10.3. The number of hydrogen-bond donors (Lipinski definition) is 1. The Kier molecular flexibility index (Phi) is 9.68. The van der Waals surface area contributed by atoms with Crippen molar-refractivity contribution in [1.82, 2.24) is 4.98 Å². The number of ether oxygens (including phenoxy) is 2. The second-order valence-electron chi connectivity index (χ2n) is 15.3. The van der Waals surface area contributed by atoms with E-state index in [2.05, 4.69) is 53.8 Å². The van der Waals surface area contributed by atoms with E-state index in [9.17, 15) is 23.5 Å². The maximum Gasteiger partial charge on any atom is 0.417 e. The SMILES string of the molecule is CC1(C)Cc2nc(C3CCOCC3)c(C(O)c3ccc(C(F)(F)F)c(C#N)c3)c(C3=CCOCC3)c2[C@@H](O[Si](C)(C)C(C)(C)C)C1. The Morgan fingerprint density at radius 3 is 2.39 bits per heavy atom. The summed E-state index contributed by atoms with van der Waals surface area (Å²) in [4.78, 5) is 5.39. The summed E-state index contributed by atoms with van der Waals surface area (Å²) in [5.74, 6) is -0.00225. The first-order valence-electron chi connectivity index (χ1n) is 16.3. The van der Waals surface area contributed by atoms with Gasteiger partial charge in [-0.25, -0.2) is 0 Å². The van der Waals surface area contributed by atoms with Crippen molar-refractivity contribution in [3.8, 4) is 6.07 Å². The molecule has 5 rings (SSSR count). The number of pyridine rings is 1. The van der Waals surface area contributed by atoms with E-state index < -0.39 is 31.7 Å². The topological polar surface area (TPSA) is 84.6 Å². The van der Waals surface area contributed by atoms with Gasteiger partial charge in [0, 0.05) is 36.0 Å². The molecule has 6 nitrogen and oxygen atoms in total. The van der Waals surface area contributed by atoms with E-state index in [0.717, 1.165) is 59.8 Å². The van der Waals surface area contributed by atoms with Crippen molar-refractivity contribution in [2.45, 2.75) is 109 Å². The Morgan fingerprint density at radius 2 is 1.80 bits per heavy atom. The second-order valence-corrected chi connectivity index (χ2v) is 20.1. The Hall–Kier alpha value is -2.55. The van der Waals surface area contributed by atoms with E-state index in [1.165, 1.54) is 12.1 Å². The van der Waals surface area contributed by atoms with E-state index in [-0.39, 0.29) is 28.0 Å². The fourth-order valence-corrected chi connectivity index (χ4v) is 8.09. The highest BCUT2D eigenvalue weighted by molar-refractivity contribution is 6.74. The molecule has 0 amide bonds. The number of rotatable bonds is 6. The minimum absolute atomic E-state index is 0.00225. The lowest BCUT2D eigenvalue weighted by Gasteiger charge is -2.45. The molecule has 1 fully saturated rings. The Morgan fingerprint density at radius 1 is 1.11 bits per heavy atom. The van der Waals surface area contributed by atoms with E-state index in [0.29, 0.717) is 38.4 Å². The van der Waals surface area contributed by atoms with Crippen LogP contribution in [0.1, 0.15) is 123 Å². The van der Waals surface area contributed by atoms with E-state index in [4.69, 9.17) is 18.9 Å². The van der Waals surface area contributed by atoms with Crippen molar-refractivity contribution in [1.29, 1.82) is 5.26 Å². The Bertz CT molecular complexity index is 1530. The third-order valence-corrected chi connectivity index (χ3v) is 14.8. The van der Waals surface area contributed by atoms with Gasteiger partial charge >= 0.3 is 6.18 Å². The van der Waals surface area contributed by atoms with Gasteiger partial charge < -0.3 is 19.0 Å². The average Bonchev–Trinajstić information content (AvgIpc) is 2.98. The molecular weight excluding hydrogens is 609 g/mol. The first-order valence-corrected chi connectivity index (χ1v) is 19.2. The molecule has 3 aliphatic rings. The summed E-state index contributed by atoms with van der Waals surface area (Å²) in [6.45, 7) is 17.7. The number of aliphatic hydroxyl groups is 1. The normalized spacial score (nSPS) is 21.7. The zero-order chi connectivity index (χ0) is 33.7. The van der Waals surface area contributed by atoms with Gasteiger partial charge in [0.15, 0.2) is 8.32 Å². The number of benzene rings is 1. The van der Waals surface area contributed by atoms with Crippen LogP contribution >= 0.6 is 0 Å². The second kappa shape index (κ2) is 12.8. The Labute approximate surface area is 272 Å². The molecule has 2 atom stereocenters. The summed E-state index contributed by atoms with van der Waals surface area (Å²) < 4.78 is 59.9. The molecule has 1 N–H and O–H groups in total. The quantitative estimate of drug-likeness (QED) is 0.313. The largest absolute Gasteiger partial charge is 0.417 e. The van der Waals surface area contributed by atoms with Crippen LogP contribution in [0.2, 0.25) is 18.1 Å². The monoisotopic (exact) mass is 656 g/mol. The predicted molar refractivity (Wildman–Crippen MR) is 174 cm³/mol. The zero-order valence-corrected chi connectivity index (χ0v) is 29.1. The lowest BCUT2D eigenvalue weighted by atomic mass is 9.70. The molecule has 1 aromatic heterocycles. The molecule has 10 heteroatoms. The fraction of sp³-hybridized carbons (Fsp3) is 0.611. The minimum atomic E-state index is -4.69. The smallest absolute Gasteiger partial charge is 0.410 e. The van der Waals surface area contributed by atoms with Crippen molar-refractivity contribution >= 4 is 13.9 Å². The average molecular weight is 657 g/mol.